The number of nitrogens with zero attached hydrogens (tertiary/aromatic N) is 3. The number of unbranched alkanes of at least 4 members (excludes halogenated alkanes) is 5. The first kappa shape index (κ1) is 33.3. The Bertz CT molecular complexity index is 827. The minimum atomic E-state index is -0.413. The smallest absolute Gasteiger partial charge is 0.307 e. The van der Waals surface area contributed by atoms with Crippen LogP contribution in [0.5, 0.6) is 0 Å². The van der Waals surface area contributed by atoms with Crippen LogP contribution in [0.2, 0.25) is 0 Å². The van der Waals surface area contributed by atoms with Crippen LogP contribution in [-0.2, 0) is 28.7 Å². The molecule has 0 spiro atoms. The van der Waals surface area contributed by atoms with Crippen molar-refractivity contribution >= 4 is 11.9 Å². The van der Waals surface area contributed by atoms with E-state index in [2.05, 4.69) is 27.7 Å². The second-order valence-electron chi connectivity index (χ2n) is 13.9. The molecule has 0 saturated carbocycles. The fourth-order valence-electron chi connectivity index (χ4n) is 7.03. The largest absolute Gasteiger partial charge is 0.462 e. The van der Waals surface area contributed by atoms with E-state index in [1.807, 2.05) is 32.8 Å². The number of hydroxylamine groups is 4. The van der Waals surface area contributed by atoms with Crippen molar-refractivity contribution in [3.05, 3.63) is 0 Å². The van der Waals surface area contributed by atoms with Gasteiger partial charge in [0.1, 0.15) is 12.2 Å². The maximum Gasteiger partial charge on any atom is 0.307 e. The summed E-state index contributed by atoms with van der Waals surface area (Å²) in [4.78, 5) is 35.7. The van der Waals surface area contributed by atoms with Crippen LogP contribution in [0.15, 0.2) is 0 Å². The second-order valence-corrected chi connectivity index (χ2v) is 13.9. The Hall–Kier alpha value is -1.89. The number of esters is 2. The first-order valence-corrected chi connectivity index (χ1v) is 14.6. The van der Waals surface area contributed by atoms with E-state index in [1.54, 1.807) is 18.4 Å². The van der Waals surface area contributed by atoms with Crippen LogP contribution in [0.25, 0.3) is 0 Å². The molecule has 9 heteroatoms. The van der Waals surface area contributed by atoms with Gasteiger partial charge in [-0.05, 0) is 68.2 Å². The molecule has 2 fully saturated rings. The molecule has 0 radical (unpaired) electrons. The Kier molecular flexibility index (Phi) is 11.7. The van der Waals surface area contributed by atoms with Gasteiger partial charge in [-0.15, -0.1) is 10.3 Å². The van der Waals surface area contributed by atoms with E-state index >= 15 is 0 Å². The zero-order valence-corrected chi connectivity index (χ0v) is 25.9. The minimum Gasteiger partial charge on any atom is -0.462 e. The molecule has 2 rings (SSSR count). The molecule has 0 amide bonds. The fourth-order valence-corrected chi connectivity index (χ4v) is 7.03. The molecule has 2 saturated heterocycles. The van der Waals surface area contributed by atoms with E-state index in [0.717, 1.165) is 51.4 Å². The van der Waals surface area contributed by atoms with Gasteiger partial charge in [-0.2, -0.15) is 5.06 Å². The van der Waals surface area contributed by atoms with Gasteiger partial charge >= 0.3 is 18.2 Å². The molecule has 0 unspecified atom stereocenters. The lowest BCUT2D eigenvalue weighted by atomic mass is 9.80. The van der Waals surface area contributed by atoms with Crippen LogP contribution in [0.3, 0.4) is 0 Å². The zero-order valence-electron chi connectivity index (χ0n) is 25.9. The maximum atomic E-state index is 12.4. The summed E-state index contributed by atoms with van der Waals surface area (Å²) in [6, 6.07) is 0. The van der Waals surface area contributed by atoms with Crippen molar-refractivity contribution in [3.63, 3.8) is 0 Å². The first-order valence-electron chi connectivity index (χ1n) is 14.6. The summed E-state index contributed by atoms with van der Waals surface area (Å²) in [6.45, 7) is 16.5. The maximum absolute atomic E-state index is 12.4. The van der Waals surface area contributed by atoms with Gasteiger partial charge in [0.05, 0.1) is 18.2 Å². The predicted octanol–water partition coefficient (Wildman–Crippen LogP) is 6.21. The summed E-state index contributed by atoms with van der Waals surface area (Å²) in [5.41, 5.74) is -1.23. The molecule has 0 aromatic heterocycles. The van der Waals surface area contributed by atoms with Gasteiger partial charge in [0, 0.05) is 49.6 Å². The Balaban J connectivity index is 1.58. The van der Waals surface area contributed by atoms with E-state index < -0.39 is 11.1 Å². The topological polar surface area (TPSA) is 101 Å². The van der Waals surface area contributed by atoms with Crippen LogP contribution in [0.1, 0.15) is 132 Å². The van der Waals surface area contributed by atoms with E-state index in [1.165, 1.54) is 0 Å². The highest BCUT2D eigenvalue weighted by Crippen LogP contribution is 2.41. The molecule has 0 atom stereocenters. The zero-order chi connectivity index (χ0) is 29.5. The number of hydrogen-bond acceptors (Lipinski definition) is 9. The number of nitriles is 1. The van der Waals surface area contributed by atoms with Gasteiger partial charge in [-0.25, -0.2) is 0 Å². The standard InChI is InChI=1S/C30H53N3O6/c1-27(2)18-23(19-28(3,4)32(27)36-9)38-25(34)16-14-12-10-11-13-15-17-26(35)39-24-20-29(5,6)33(37-22-31)30(7,8)21-24/h23-24H,10-21H2,1-9H3. The Morgan fingerprint density at radius 1 is 0.667 bits per heavy atom. The summed E-state index contributed by atoms with van der Waals surface area (Å²) in [7, 11) is 1.70. The van der Waals surface area contributed by atoms with Crippen molar-refractivity contribution in [1.82, 2.24) is 10.1 Å². The molecule has 224 valence electrons. The van der Waals surface area contributed by atoms with Crippen molar-refractivity contribution in [2.45, 2.75) is 167 Å². The van der Waals surface area contributed by atoms with Crippen LogP contribution in [-0.4, -0.2) is 63.5 Å². The summed E-state index contributed by atoms with van der Waals surface area (Å²) in [6.07, 6.45) is 10.7. The van der Waals surface area contributed by atoms with Crippen molar-refractivity contribution in [2.24, 2.45) is 0 Å². The van der Waals surface area contributed by atoms with Crippen molar-refractivity contribution in [2.75, 3.05) is 7.11 Å². The predicted molar refractivity (Wildman–Crippen MR) is 149 cm³/mol. The quantitative estimate of drug-likeness (QED) is 0.150. The lowest BCUT2D eigenvalue weighted by Gasteiger charge is -2.52. The normalized spacial score (nSPS) is 23.1. The number of carbonyl (C=O) groups is 2. The van der Waals surface area contributed by atoms with Gasteiger partial charge < -0.3 is 19.1 Å². The monoisotopic (exact) mass is 551 g/mol. The third-order valence-electron chi connectivity index (χ3n) is 8.03. The van der Waals surface area contributed by atoms with Gasteiger partial charge in [0.2, 0.25) is 0 Å². The molecule has 9 nitrogen and oxygen atoms in total. The molecule has 0 N–H and O–H groups in total. The number of ether oxygens (including phenoxy) is 2. The molecule has 0 aliphatic carbocycles. The average molecular weight is 552 g/mol. The van der Waals surface area contributed by atoms with Crippen molar-refractivity contribution in [1.29, 1.82) is 5.26 Å². The number of hydrogen-bond donors (Lipinski definition) is 0. The fraction of sp³-hybridized carbons (Fsp3) is 0.900. The summed E-state index contributed by atoms with van der Waals surface area (Å²) >= 11 is 0. The molecule has 0 aromatic carbocycles. The van der Waals surface area contributed by atoms with Gasteiger partial charge in [-0.3, -0.25) is 9.59 Å². The summed E-state index contributed by atoms with van der Waals surface area (Å²) in [5.74, 6) is -0.275. The number of piperidine rings is 2. The molecule has 0 aromatic rings. The lowest BCUT2D eigenvalue weighted by Crippen LogP contribution is -2.61. The SMILES string of the molecule is CON1C(C)(C)CC(OC(=O)CCCCCCCCC(=O)OC2CC(C)(C)N(OC#N)C(C)(C)C2)CC1(C)C. The van der Waals surface area contributed by atoms with Crippen LogP contribution >= 0.6 is 0 Å². The van der Waals surface area contributed by atoms with Crippen LogP contribution in [0.4, 0.5) is 0 Å². The highest BCUT2D eigenvalue weighted by molar-refractivity contribution is 5.69. The second kappa shape index (κ2) is 13.6. The molecule has 2 aliphatic heterocycles. The Morgan fingerprint density at radius 2 is 1.00 bits per heavy atom. The molecule has 0 bridgehead atoms. The number of rotatable bonds is 13. The van der Waals surface area contributed by atoms with Gasteiger partial charge in [-0.1, -0.05) is 25.7 Å². The summed E-state index contributed by atoms with van der Waals surface area (Å²) in [5, 5.41) is 12.7. The van der Waals surface area contributed by atoms with Crippen molar-refractivity contribution in [3.8, 4) is 6.26 Å². The van der Waals surface area contributed by atoms with Gasteiger partial charge in [0.15, 0.2) is 0 Å². The first-order chi connectivity index (χ1) is 18.0. The van der Waals surface area contributed by atoms with Crippen LogP contribution < -0.4 is 0 Å². The van der Waals surface area contributed by atoms with E-state index in [-0.39, 0.29) is 35.2 Å². The average Bonchev–Trinajstić information content (AvgIpc) is 2.76. The molecular formula is C30H53N3O6. The number of carbonyl (C=O) groups excluding carboxylic acids is 2. The van der Waals surface area contributed by atoms with Crippen molar-refractivity contribution < 1.29 is 28.7 Å². The van der Waals surface area contributed by atoms with E-state index in [4.69, 9.17) is 24.4 Å². The summed E-state index contributed by atoms with van der Waals surface area (Å²) < 4.78 is 11.6. The Morgan fingerprint density at radius 3 is 1.33 bits per heavy atom. The molecular weight excluding hydrogens is 498 g/mol. The van der Waals surface area contributed by atoms with E-state index in [0.29, 0.717) is 25.7 Å². The Labute approximate surface area is 236 Å². The highest BCUT2D eigenvalue weighted by atomic mass is 16.7. The minimum absolute atomic E-state index is 0.0933. The third kappa shape index (κ3) is 9.61. The third-order valence-corrected chi connectivity index (χ3v) is 8.03. The van der Waals surface area contributed by atoms with E-state index in [9.17, 15) is 9.59 Å². The van der Waals surface area contributed by atoms with Crippen LogP contribution in [0, 0.1) is 11.5 Å². The molecule has 2 heterocycles. The lowest BCUT2D eigenvalue weighted by molar-refractivity contribution is -0.278. The molecule has 39 heavy (non-hydrogen) atoms. The molecule has 2 aliphatic rings. The highest BCUT2D eigenvalue weighted by Gasteiger charge is 2.49. The van der Waals surface area contributed by atoms with Gasteiger partial charge in [0.25, 0.3) is 0 Å².